The highest BCUT2D eigenvalue weighted by Gasteiger charge is 2.25. The van der Waals surface area contributed by atoms with E-state index in [0.29, 0.717) is 5.56 Å². The third-order valence-electron chi connectivity index (χ3n) is 5.09. The summed E-state index contributed by atoms with van der Waals surface area (Å²) in [4.78, 5) is 1.92. The Labute approximate surface area is 188 Å². The third-order valence-corrected chi connectivity index (χ3v) is 8.68. The average Bonchev–Trinajstić information content (AvgIpc) is 2.82. The molecule has 5 nitrogen and oxygen atoms in total. The molecule has 32 heavy (non-hydrogen) atoms. The van der Waals surface area contributed by atoms with Gasteiger partial charge < -0.3 is 4.90 Å². The molecular formula is C25H21NO4S2. The van der Waals surface area contributed by atoms with E-state index in [2.05, 4.69) is 0 Å². The van der Waals surface area contributed by atoms with Gasteiger partial charge in [0.25, 0.3) is 0 Å². The van der Waals surface area contributed by atoms with E-state index in [0.717, 1.165) is 5.70 Å². The molecule has 1 aliphatic rings. The highest BCUT2D eigenvalue weighted by Crippen LogP contribution is 2.31. The molecule has 0 unspecified atom stereocenters. The number of benzene rings is 3. The zero-order chi connectivity index (χ0) is 22.8. The van der Waals surface area contributed by atoms with Crippen molar-refractivity contribution in [2.75, 3.05) is 7.05 Å². The molecule has 0 fully saturated rings. The van der Waals surface area contributed by atoms with Gasteiger partial charge in [0, 0.05) is 18.9 Å². The summed E-state index contributed by atoms with van der Waals surface area (Å²) in [7, 11) is -6.01. The number of hydrogen-bond acceptors (Lipinski definition) is 5. The molecule has 0 spiro atoms. The predicted molar refractivity (Wildman–Crippen MR) is 124 cm³/mol. The van der Waals surface area contributed by atoms with E-state index in [4.69, 9.17) is 0 Å². The molecule has 0 N–H and O–H groups in total. The third kappa shape index (κ3) is 4.17. The number of sulfone groups is 2. The Morgan fingerprint density at radius 3 is 1.88 bits per heavy atom. The number of hydrogen-bond donors (Lipinski definition) is 0. The topological polar surface area (TPSA) is 71.5 Å². The molecule has 162 valence electrons. The van der Waals surface area contributed by atoms with Gasteiger partial charge in [-0.1, -0.05) is 48.5 Å². The van der Waals surface area contributed by atoms with Gasteiger partial charge in [0.15, 0.2) is 0 Å². The van der Waals surface area contributed by atoms with Crippen molar-refractivity contribution in [2.24, 2.45) is 0 Å². The summed E-state index contributed by atoms with van der Waals surface area (Å²) in [5.41, 5.74) is 1.18. The maximum atomic E-state index is 13.5. The van der Waals surface area contributed by atoms with Gasteiger partial charge >= 0.3 is 0 Å². The smallest absolute Gasteiger partial charge is 0.207 e. The zero-order valence-electron chi connectivity index (χ0n) is 17.3. The molecular weight excluding hydrogens is 442 g/mol. The zero-order valence-corrected chi connectivity index (χ0v) is 18.9. The molecule has 3 aromatic rings. The van der Waals surface area contributed by atoms with Crippen molar-refractivity contribution in [1.82, 2.24) is 4.90 Å². The first-order valence-electron chi connectivity index (χ1n) is 9.84. The van der Waals surface area contributed by atoms with Crippen LogP contribution in [0.5, 0.6) is 0 Å². The standard InChI is InChI=1S/C25H21NO4S2/c1-26-17-9-8-10-21(26)18-20-15-16-24(31(27,28)22-11-4-2-5-12-22)19-25(20)32(29,30)23-13-6-3-7-14-23/h2-19H,1H3/b21-18-. The van der Waals surface area contributed by atoms with Crippen LogP contribution in [-0.4, -0.2) is 28.8 Å². The second kappa shape index (κ2) is 8.61. The summed E-state index contributed by atoms with van der Waals surface area (Å²) in [6.07, 6.45) is 9.16. The van der Waals surface area contributed by atoms with Crippen LogP contribution in [0.4, 0.5) is 0 Å². The molecule has 0 atom stereocenters. The molecule has 0 saturated carbocycles. The van der Waals surface area contributed by atoms with Gasteiger partial charge in [-0.15, -0.1) is 0 Å². The van der Waals surface area contributed by atoms with Crippen LogP contribution in [0.3, 0.4) is 0 Å². The van der Waals surface area contributed by atoms with E-state index in [1.807, 2.05) is 36.4 Å². The molecule has 7 heteroatoms. The van der Waals surface area contributed by atoms with E-state index in [9.17, 15) is 16.8 Å². The molecule has 1 aliphatic heterocycles. The van der Waals surface area contributed by atoms with Crippen LogP contribution in [0.1, 0.15) is 5.56 Å². The maximum absolute atomic E-state index is 13.5. The van der Waals surface area contributed by atoms with Crippen molar-refractivity contribution in [3.8, 4) is 0 Å². The molecule has 3 aromatic carbocycles. The first-order valence-corrected chi connectivity index (χ1v) is 12.8. The van der Waals surface area contributed by atoms with Crippen LogP contribution < -0.4 is 0 Å². The monoisotopic (exact) mass is 463 g/mol. The quantitative estimate of drug-likeness (QED) is 0.548. The Bertz CT molecular complexity index is 1440. The highest BCUT2D eigenvalue weighted by atomic mass is 32.2. The number of likely N-dealkylation sites (N-methyl/N-ethyl adjacent to an activating group) is 1. The lowest BCUT2D eigenvalue weighted by atomic mass is 10.1. The van der Waals surface area contributed by atoms with Crippen LogP contribution in [0, 0.1) is 0 Å². The van der Waals surface area contributed by atoms with E-state index < -0.39 is 19.7 Å². The van der Waals surface area contributed by atoms with Gasteiger partial charge in [-0.3, -0.25) is 0 Å². The fourth-order valence-corrected chi connectivity index (χ4v) is 6.21. The normalized spacial score (nSPS) is 15.3. The van der Waals surface area contributed by atoms with Gasteiger partial charge in [0.05, 0.1) is 19.6 Å². The van der Waals surface area contributed by atoms with Crippen molar-refractivity contribution in [3.05, 3.63) is 115 Å². The molecule has 0 aromatic heterocycles. The molecule has 4 rings (SSSR count). The summed E-state index contributed by atoms with van der Waals surface area (Å²) in [6.45, 7) is 0. The van der Waals surface area contributed by atoms with Crippen LogP contribution in [0.15, 0.2) is 129 Å². The van der Waals surface area contributed by atoms with E-state index in [1.54, 1.807) is 48.5 Å². The van der Waals surface area contributed by atoms with Gasteiger partial charge in [-0.05, 0) is 60.2 Å². The van der Waals surface area contributed by atoms with Crippen LogP contribution in [-0.2, 0) is 19.7 Å². The lowest BCUT2D eigenvalue weighted by molar-refractivity contribution is 0.588. The summed E-state index contributed by atoms with van der Waals surface area (Å²) in [5, 5.41) is 0. The van der Waals surface area contributed by atoms with Crippen molar-refractivity contribution >= 4 is 25.8 Å². The largest absolute Gasteiger partial charge is 0.351 e. The second-order valence-electron chi connectivity index (χ2n) is 7.21. The van der Waals surface area contributed by atoms with E-state index in [1.165, 1.54) is 36.4 Å². The molecule has 0 saturated heterocycles. The maximum Gasteiger partial charge on any atom is 0.207 e. The Kier molecular flexibility index (Phi) is 5.86. The van der Waals surface area contributed by atoms with Crippen molar-refractivity contribution in [2.45, 2.75) is 19.6 Å². The SMILES string of the molecule is CN1C=CC=C/C1=C/c1ccc(S(=O)(=O)c2ccccc2)cc1S(=O)(=O)c1ccccc1. The molecule has 0 amide bonds. The fourth-order valence-electron chi connectivity index (χ4n) is 3.34. The minimum absolute atomic E-state index is 0.0652. The van der Waals surface area contributed by atoms with Crippen LogP contribution >= 0.6 is 0 Å². The Hall–Kier alpha value is -3.42. The number of rotatable bonds is 5. The fraction of sp³-hybridized carbons (Fsp3) is 0.0400. The van der Waals surface area contributed by atoms with E-state index >= 15 is 0 Å². The lowest BCUT2D eigenvalue weighted by Gasteiger charge is -2.19. The lowest BCUT2D eigenvalue weighted by Crippen LogP contribution is -2.11. The summed E-state index contributed by atoms with van der Waals surface area (Å²) in [5.74, 6) is 0. The minimum Gasteiger partial charge on any atom is -0.351 e. The van der Waals surface area contributed by atoms with Gasteiger partial charge in [0.2, 0.25) is 19.7 Å². The molecule has 0 bridgehead atoms. The highest BCUT2D eigenvalue weighted by molar-refractivity contribution is 7.92. The Morgan fingerprint density at radius 1 is 0.688 bits per heavy atom. The summed E-state index contributed by atoms with van der Waals surface area (Å²) >= 11 is 0. The minimum atomic E-state index is -3.97. The molecule has 0 radical (unpaired) electrons. The Balaban J connectivity index is 1.93. The van der Waals surface area contributed by atoms with E-state index in [-0.39, 0.29) is 19.6 Å². The first-order chi connectivity index (χ1) is 15.3. The number of nitrogens with zero attached hydrogens (tertiary/aromatic N) is 1. The van der Waals surface area contributed by atoms with Gasteiger partial charge in [-0.2, -0.15) is 0 Å². The molecule has 0 aliphatic carbocycles. The van der Waals surface area contributed by atoms with Crippen molar-refractivity contribution in [1.29, 1.82) is 0 Å². The van der Waals surface area contributed by atoms with Crippen molar-refractivity contribution < 1.29 is 16.8 Å². The Morgan fingerprint density at radius 2 is 1.28 bits per heavy atom. The van der Waals surface area contributed by atoms with Gasteiger partial charge in [0.1, 0.15) is 0 Å². The van der Waals surface area contributed by atoms with Crippen molar-refractivity contribution in [3.63, 3.8) is 0 Å². The van der Waals surface area contributed by atoms with Crippen LogP contribution in [0.25, 0.3) is 6.08 Å². The molecule has 1 heterocycles. The second-order valence-corrected chi connectivity index (χ2v) is 11.1. The number of allylic oxidation sites excluding steroid dienone is 3. The average molecular weight is 464 g/mol. The summed E-state index contributed by atoms with van der Waals surface area (Å²) in [6, 6.07) is 20.2. The van der Waals surface area contributed by atoms with Gasteiger partial charge in [-0.25, -0.2) is 16.8 Å². The first kappa shape index (κ1) is 21.8. The summed E-state index contributed by atoms with van der Waals surface area (Å²) < 4.78 is 53.4. The predicted octanol–water partition coefficient (Wildman–Crippen LogP) is 4.71. The van der Waals surface area contributed by atoms with Crippen LogP contribution in [0.2, 0.25) is 0 Å².